The average molecular weight is 482 g/mol. The van der Waals surface area contributed by atoms with Gasteiger partial charge >= 0.3 is 0 Å². The van der Waals surface area contributed by atoms with Crippen LogP contribution in [0.1, 0.15) is 22.3 Å². The second-order valence-corrected chi connectivity index (χ2v) is 9.64. The number of amides is 1. The molecule has 0 saturated carbocycles. The number of ketones is 1. The number of carbonyl (C=O) groups excluding carboxylic acids is 2. The second kappa shape index (κ2) is 7.67. The Balaban J connectivity index is 1.72. The molecule has 1 aromatic heterocycles. The van der Waals surface area contributed by atoms with Crippen molar-refractivity contribution in [3.05, 3.63) is 58.3 Å². The van der Waals surface area contributed by atoms with Gasteiger partial charge in [-0.05, 0) is 56.0 Å². The molecule has 8 N–H and O–H groups in total. The highest BCUT2D eigenvalue weighted by molar-refractivity contribution is 6.14. The Morgan fingerprint density at radius 1 is 1.20 bits per heavy atom. The molecule has 3 unspecified atom stereocenters. The maximum atomic E-state index is 13.7. The summed E-state index contributed by atoms with van der Waals surface area (Å²) in [6, 6.07) is 2.21. The lowest BCUT2D eigenvalue weighted by Gasteiger charge is -2.51. The zero-order valence-electron chi connectivity index (χ0n) is 19.1. The van der Waals surface area contributed by atoms with Gasteiger partial charge in [0.15, 0.2) is 5.78 Å². The minimum atomic E-state index is -3.00. The van der Waals surface area contributed by atoms with Gasteiger partial charge in [-0.25, -0.2) is 0 Å². The first-order chi connectivity index (χ1) is 16.5. The summed E-state index contributed by atoms with van der Waals surface area (Å²) in [6.07, 6.45) is 3.73. The molecule has 3 aliphatic rings. The first kappa shape index (κ1) is 23.1. The SMILES string of the molecule is CN(C)[C@@H]1C(O)=C(C(N)=O)C(O)(O)C2C(O)=C3C(=O)c4c(O)ccc(-c5cn[nH]c5)c4CC3CC21. The van der Waals surface area contributed by atoms with Crippen molar-refractivity contribution in [2.45, 2.75) is 24.7 Å². The molecule has 0 aliphatic heterocycles. The van der Waals surface area contributed by atoms with Crippen molar-refractivity contribution in [3.63, 3.8) is 0 Å². The fraction of sp³-hybridized carbons (Fsp3) is 0.375. The van der Waals surface area contributed by atoms with Gasteiger partial charge in [-0.3, -0.25) is 19.6 Å². The number of likely N-dealkylation sites (N-methyl/N-ethyl adjacent to an activating group) is 1. The number of nitrogens with one attached hydrogen (secondary N) is 1. The maximum Gasteiger partial charge on any atom is 0.253 e. The second-order valence-electron chi connectivity index (χ2n) is 9.64. The lowest BCUT2D eigenvalue weighted by atomic mass is 9.59. The number of phenols is 1. The molecule has 11 heteroatoms. The van der Waals surface area contributed by atoms with E-state index >= 15 is 0 Å². The molecular weight excluding hydrogens is 456 g/mol. The van der Waals surface area contributed by atoms with Gasteiger partial charge in [-0.1, -0.05) is 6.07 Å². The minimum Gasteiger partial charge on any atom is -0.511 e. The van der Waals surface area contributed by atoms with Crippen molar-refractivity contribution in [1.82, 2.24) is 15.1 Å². The first-order valence-electron chi connectivity index (χ1n) is 11.1. The third kappa shape index (κ3) is 3.12. The van der Waals surface area contributed by atoms with E-state index < -0.39 is 58.4 Å². The summed E-state index contributed by atoms with van der Waals surface area (Å²) in [5, 5.41) is 61.4. The predicted molar refractivity (Wildman–Crippen MR) is 122 cm³/mol. The van der Waals surface area contributed by atoms with E-state index in [0.29, 0.717) is 11.1 Å². The molecular formula is C24H26N4O7. The molecule has 11 nitrogen and oxygen atoms in total. The first-order valence-corrected chi connectivity index (χ1v) is 11.1. The van der Waals surface area contributed by atoms with Gasteiger partial charge < -0.3 is 31.3 Å². The molecule has 1 aromatic carbocycles. The fourth-order valence-corrected chi connectivity index (χ4v) is 6.23. The van der Waals surface area contributed by atoms with Crippen molar-refractivity contribution in [1.29, 1.82) is 0 Å². The number of aromatic nitrogens is 2. The Labute approximate surface area is 199 Å². The number of rotatable bonds is 3. The molecule has 2 aromatic rings. The van der Waals surface area contributed by atoms with E-state index in [0.717, 1.165) is 5.56 Å². The highest BCUT2D eigenvalue weighted by Crippen LogP contribution is 2.54. The third-order valence-corrected chi connectivity index (χ3v) is 7.53. The highest BCUT2D eigenvalue weighted by Gasteiger charge is 2.60. The number of aliphatic hydroxyl groups is 4. The molecule has 35 heavy (non-hydrogen) atoms. The monoisotopic (exact) mass is 482 g/mol. The number of H-pyrrole nitrogens is 1. The van der Waals surface area contributed by atoms with E-state index in [1.54, 1.807) is 37.5 Å². The van der Waals surface area contributed by atoms with Gasteiger partial charge in [0.2, 0.25) is 5.79 Å². The van der Waals surface area contributed by atoms with Gasteiger partial charge in [-0.15, -0.1) is 0 Å². The zero-order chi connectivity index (χ0) is 25.4. The summed E-state index contributed by atoms with van der Waals surface area (Å²) in [4.78, 5) is 27.4. The lowest BCUT2D eigenvalue weighted by Crippen LogP contribution is -2.60. The average Bonchev–Trinajstić information content (AvgIpc) is 3.26. The van der Waals surface area contributed by atoms with Crippen LogP contribution >= 0.6 is 0 Å². The number of phenolic OH excluding ortho intramolecular Hbond substituents is 1. The number of nitrogens with zero attached hydrogens (tertiary/aromatic N) is 2. The van der Waals surface area contributed by atoms with Crippen LogP contribution in [-0.4, -0.2) is 78.2 Å². The summed E-state index contributed by atoms with van der Waals surface area (Å²) in [5.74, 6) is -9.11. The van der Waals surface area contributed by atoms with Crippen molar-refractivity contribution < 1.29 is 35.1 Å². The van der Waals surface area contributed by atoms with Crippen LogP contribution < -0.4 is 5.73 Å². The molecule has 4 atom stereocenters. The summed E-state index contributed by atoms with van der Waals surface area (Å²) in [6.45, 7) is 0. The number of fused-ring (bicyclic) bond motifs is 3. The number of hydrogen-bond donors (Lipinski definition) is 7. The number of aromatic amines is 1. The number of nitrogens with two attached hydrogens (primary N) is 1. The Morgan fingerprint density at radius 2 is 1.91 bits per heavy atom. The molecule has 0 radical (unpaired) electrons. The van der Waals surface area contributed by atoms with E-state index in [9.17, 15) is 35.1 Å². The van der Waals surface area contributed by atoms with Crippen LogP contribution in [0.3, 0.4) is 0 Å². The highest BCUT2D eigenvalue weighted by atomic mass is 16.5. The van der Waals surface area contributed by atoms with Crippen LogP contribution in [-0.2, 0) is 11.2 Å². The molecule has 3 aliphatic carbocycles. The van der Waals surface area contributed by atoms with Crippen molar-refractivity contribution in [3.8, 4) is 16.9 Å². The number of Topliss-reactive ketones (excluding diaryl/α,β-unsaturated/α-hetero) is 1. The number of aromatic hydroxyl groups is 1. The summed E-state index contributed by atoms with van der Waals surface area (Å²) >= 11 is 0. The summed E-state index contributed by atoms with van der Waals surface area (Å²) in [5.41, 5.74) is 6.53. The van der Waals surface area contributed by atoms with Gasteiger partial charge in [0.05, 0.1) is 23.7 Å². The Kier molecular flexibility index (Phi) is 5.06. The Bertz CT molecular complexity index is 1310. The molecule has 0 fully saturated rings. The quantitative estimate of drug-likeness (QED) is 0.305. The number of primary amides is 1. The molecule has 1 heterocycles. The maximum absolute atomic E-state index is 13.7. The summed E-state index contributed by atoms with van der Waals surface area (Å²) < 4.78 is 0. The molecule has 0 bridgehead atoms. The van der Waals surface area contributed by atoms with Crippen molar-refractivity contribution >= 4 is 11.7 Å². The Hall–Kier alpha value is -3.67. The van der Waals surface area contributed by atoms with Gasteiger partial charge in [0.25, 0.3) is 5.91 Å². The number of allylic oxidation sites excluding steroid dienone is 1. The van der Waals surface area contributed by atoms with E-state index in [1.807, 2.05) is 0 Å². The Morgan fingerprint density at radius 3 is 2.51 bits per heavy atom. The number of benzene rings is 1. The lowest BCUT2D eigenvalue weighted by molar-refractivity contribution is -0.200. The smallest absolute Gasteiger partial charge is 0.253 e. The third-order valence-electron chi connectivity index (χ3n) is 7.53. The van der Waals surface area contributed by atoms with Crippen molar-refractivity contribution in [2.75, 3.05) is 14.1 Å². The minimum absolute atomic E-state index is 0.0231. The van der Waals surface area contributed by atoms with Gasteiger partial charge in [0.1, 0.15) is 22.8 Å². The van der Waals surface area contributed by atoms with Crippen molar-refractivity contribution in [2.24, 2.45) is 23.5 Å². The largest absolute Gasteiger partial charge is 0.511 e. The van der Waals surface area contributed by atoms with Crippen LogP contribution in [0, 0.1) is 17.8 Å². The number of hydrogen-bond acceptors (Lipinski definition) is 9. The molecule has 0 spiro atoms. The van der Waals surface area contributed by atoms with Crippen LogP contribution in [0.15, 0.2) is 47.2 Å². The van der Waals surface area contributed by atoms with Gasteiger partial charge in [0, 0.05) is 17.3 Å². The molecule has 184 valence electrons. The number of carbonyl (C=O) groups is 2. The van der Waals surface area contributed by atoms with E-state index in [2.05, 4.69) is 10.2 Å². The van der Waals surface area contributed by atoms with E-state index in [1.165, 1.54) is 6.07 Å². The summed E-state index contributed by atoms with van der Waals surface area (Å²) in [7, 11) is 3.29. The molecule has 5 rings (SSSR count). The van der Waals surface area contributed by atoms with Crippen LogP contribution in [0.2, 0.25) is 0 Å². The zero-order valence-corrected chi connectivity index (χ0v) is 19.1. The van der Waals surface area contributed by atoms with E-state index in [4.69, 9.17) is 5.73 Å². The number of aliphatic hydroxyl groups excluding tert-OH is 2. The van der Waals surface area contributed by atoms with Gasteiger partial charge in [-0.2, -0.15) is 5.10 Å². The topological polar surface area (TPSA) is 193 Å². The standard InChI is InChI=1S/C24H26N4O7/c1-28(2)19-13-6-9-5-12-11(10-7-26-27-8-10)3-4-14(29)16(12)20(30)15(9)21(31)17(13)24(34,35)18(22(19)32)23(25)33/h3-4,7-9,13,17,19,29,31-32,34-35H,5-6H2,1-2H3,(H2,25,33)(H,26,27)/t9?,13?,17?,19-/m0/s1. The van der Waals surface area contributed by atoms with Crippen LogP contribution in [0.25, 0.3) is 11.1 Å². The van der Waals surface area contributed by atoms with Crippen LogP contribution in [0.4, 0.5) is 0 Å². The fourth-order valence-electron chi connectivity index (χ4n) is 6.23. The molecule has 0 saturated heterocycles. The van der Waals surface area contributed by atoms with Crippen LogP contribution in [0.5, 0.6) is 5.75 Å². The molecule has 1 amide bonds. The normalized spacial score (nSPS) is 27.5. The predicted octanol–water partition coefficient (Wildman–Crippen LogP) is 0.508. The van der Waals surface area contributed by atoms with E-state index in [-0.39, 0.29) is 29.7 Å².